The third-order valence-electron chi connectivity index (χ3n) is 4.04. The number of thioether (sulfide) groups is 1. The summed E-state index contributed by atoms with van der Waals surface area (Å²) in [7, 11) is 0. The van der Waals surface area contributed by atoms with E-state index in [0.29, 0.717) is 11.0 Å². The van der Waals surface area contributed by atoms with Crippen molar-refractivity contribution in [3.63, 3.8) is 0 Å². The third-order valence-corrected chi connectivity index (χ3v) is 5.61. The van der Waals surface area contributed by atoms with E-state index in [1.54, 1.807) is 5.51 Å². The largest absolute Gasteiger partial charge is 0.376 e. The van der Waals surface area contributed by atoms with Crippen LogP contribution >= 0.6 is 23.1 Å². The Morgan fingerprint density at radius 2 is 2.29 bits per heavy atom. The van der Waals surface area contributed by atoms with Gasteiger partial charge in [-0.25, -0.2) is 0 Å². The maximum absolute atomic E-state index is 12.0. The van der Waals surface area contributed by atoms with Crippen LogP contribution in [0.5, 0.6) is 0 Å². The second-order valence-electron chi connectivity index (χ2n) is 5.94. The van der Waals surface area contributed by atoms with Gasteiger partial charge in [-0.05, 0) is 25.7 Å². The minimum Gasteiger partial charge on any atom is -0.376 e. The Kier molecular flexibility index (Phi) is 4.76. The van der Waals surface area contributed by atoms with Crippen LogP contribution in [-0.2, 0) is 16.1 Å². The minimum absolute atomic E-state index is 0.114. The van der Waals surface area contributed by atoms with Crippen LogP contribution in [0.2, 0.25) is 0 Å². The normalized spacial score (nSPS) is 20.4. The van der Waals surface area contributed by atoms with Crippen molar-refractivity contribution in [2.24, 2.45) is 0 Å². The highest BCUT2D eigenvalue weighted by Crippen LogP contribution is 2.40. The fraction of sp³-hybridized carbons (Fsp3) is 0.643. The fourth-order valence-corrected chi connectivity index (χ4v) is 3.94. The van der Waals surface area contributed by atoms with Gasteiger partial charge in [0.05, 0.1) is 18.4 Å². The van der Waals surface area contributed by atoms with E-state index in [2.05, 4.69) is 30.3 Å². The number of carbonyl (C=O) groups is 1. The zero-order valence-electron chi connectivity index (χ0n) is 13.1. The molecule has 0 spiro atoms. The van der Waals surface area contributed by atoms with Gasteiger partial charge in [0.2, 0.25) is 11.0 Å². The van der Waals surface area contributed by atoms with Gasteiger partial charge in [0, 0.05) is 12.5 Å². The fourth-order valence-electron chi connectivity index (χ4n) is 2.73. The van der Waals surface area contributed by atoms with E-state index in [0.717, 1.165) is 37.0 Å². The SMILES string of the molecule is O=C(CSc1nnc(C2CC2)n1CC1CCCO1)Nc1nncs1. The number of nitrogens with zero attached hydrogens (tertiary/aromatic N) is 5. The number of amides is 1. The van der Waals surface area contributed by atoms with Crippen LogP contribution in [0.3, 0.4) is 0 Å². The summed E-state index contributed by atoms with van der Waals surface area (Å²) in [6.07, 6.45) is 4.76. The molecule has 1 amide bonds. The van der Waals surface area contributed by atoms with E-state index < -0.39 is 0 Å². The molecule has 0 radical (unpaired) electrons. The molecule has 24 heavy (non-hydrogen) atoms. The van der Waals surface area contributed by atoms with Gasteiger partial charge in [-0.2, -0.15) is 0 Å². The van der Waals surface area contributed by atoms with Crippen molar-refractivity contribution >= 4 is 34.1 Å². The summed E-state index contributed by atoms with van der Waals surface area (Å²) in [5.41, 5.74) is 1.59. The number of hydrogen-bond acceptors (Lipinski definition) is 8. The minimum atomic E-state index is -0.114. The molecule has 2 aromatic rings. The molecule has 1 atom stereocenters. The summed E-state index contributed by atoms with van der Waals surface area (Å²) >= 11 is 2.71. The molecule has 2 aliphatic rings. The van der Waals surface area contributed by atoms with E-state index in [9.17, 15) is 4.79 Å². The van der Waals surface area contributed by atoms with Crippen LogP contribution in [0.25, 0.3) is 0 Å². The first kappa shape index (κ1) is 16.0. The lowest BCUT2D eigenvalue weighted by molar-refractivity contribution is -0.113. The highest BCUT2D eigenvalue weighted by Gasteiger charge is 2.32. The van der Waals surface area contributed by atoms with E-state index in [1.807, 2.05) is 0 Å². The van der Waals surface area contributed by atoms with Gasteiger partial charge < -0.3 is 9.30 Å². The molecule has 1 aliphatic heterocycles. The summed E-state index contributed by atoms with van der Waals surface area (Å²) in [6, 6.07) is 0. The first-order valence-electron chi connectivity index (χ1n) is 8.03. The summed E-state index contributed by atoms with van der Waals surface area (Å²) in [4.78, 5) is 12.0. The molecule has 128 valence electrons. The monoisotopic (exact) mass is 366 g/mol. The zero-order valence-corrected chi connectivity index (χ0v) is 14.7. The van der Waals surface area contributed by atoms with Gasteiger partial charge >= 0.3 is 0 Å². The smallest absolute Gasteiger partial charge is 0.236 e. The number of aromatic nitrogens is 5. The van der Waals surface area contributed by atoms with Crippen LogP contribution in [0.1, 0.15) is 37.4 Å². The molecule has 0 aromatic carbocycles. The van der Waals surface area contributed by atoms with E-state index >= 15 is 0 Å². The number of hydrogen-bond donors (Lipinski definition) is 1. The molecule has 8 nitrogen and oxygen atoms in total. The first-order valence-corrected chi connectivity index (χ1v) is 9.89. The lowest BCUT2D eigenvalue weighted by Crippen LogP contribution is -2.19. The van der Waals surface area contributed by atoms with Crippen LogP contribution in [0, 0.1) is 0 Å². The van der Waals surface area contributed by atoms with Crippen molar-refractivity contribution in [1.29, 1.82) is 0 Å². The van der Waals surface area contributed by atoms with Gasteiger partial charge in [-0.3, -0.25) is 10.1 Å². The molecule has 3 heterocycles. The second-order valence-corrected chi connectivity index (χ2v) is 7.72. The lowest BCUT2D eigenvalue weighted by Gasteiger charge is -2.14. The summed E-state index contributed by atoms with van der Waals surface area (Å²) < 4.78 is 7.90. The Bertz CT molecular complexity index is 694. The molecule has 1 N–H and O–H groups in total. The Morgan fingerprint density at radius 1 is 1.38 bits per heavy atom. The molecule has 2 fully saturated rings. The molecule has 0 bridgehead atoms. The second kappa shape index (κ2) is 7.16. The average molecular weight is 366 g/mol. The standard InChI is InChI=1S/C14H18N6O2S2/c21-11(16-13-18-15-8-24-13)7-23-14-19-17-12(9-3-4-9)20(14)6-10-2-1-5-22-10/h8-10H,1-7H2,(H,16,18,21). The molecular formula is C14H18N6O2S2. The van der Waals surface area contributed by atoms with Gasteiger partial charge in [-0.15, -0.1) is 20.4 Å². The van der Waals surface area contributed by atoms with Crippen LogP contribution in [0.15, 0.2) is 10.7 Å². The predicted octanol–water partition coefficient (Wildman–Crippen LogP) is 1.92. The number of ether oxygens (including phenoxy) is 1. The van der Waals surface area contributed by atoms with Crippen molar-refractivity contribution in [3.8, 4) is 0 Å². The van der Waals surface area contributed by atoms with Crippen LogP contribution < -0.4 is 5.32 Å². The maximum Gasteiger partial charge on any atom is 0.236 e. The van der Waals surface area contributed by atoms with Gasteiger partial charge in [0.25, 0.3) is 0 Å². The summed E-state index contributed by atoms with van der Waals surface area (Å²) in [5, 5.41) is 20.2. The topological polar surface area (TPSA) is 94.8 Å². The number of rotatable bonds is 7. The van der Waals surface area contributed by atoms with Crippen LogP contribution in [-0.4, -0.2) is 49.3 Å². The van der Waals surface area contributed by atoms with E-state index in [4.69, 9.17) is 4.74 Å². The highest BCUT2D eigenvalue weighted by atomic mass is 32.2. The van der Waals surface area contributed by atoms with Crippen molar-refractivity contribution in [1.82, 2.24) is 25.0 Å². The third kappa shape index (κ3) is 3.76. The van der Waals surface area contributed by atoms with Gasteiger partial charge in [0.1, 0.15) is 11.3 Å². The Hall–Kier alpha value is -1.52. The van der Waals surface area contributed by atoms with Gasteiger partial charge in [0.15, 0.2) is 5.16 Å². The molecule has 1 unspecified atom stereocenters. The summed E-state index contributed by atoms with van der Waals surface area (Å²) in [5.74, 6) is 1.71. The van der Waals surface area contributed by atoms with E-state index in [-0.39, 0.29) is 17.8 Å². The Morgan fingerprint density at radius 3 is 3.00 bits per heavy atom. The summed E-state index contributed by atoms with van der Waals surface area (Å²) in [6.45, 7) is 1.61. The quantitative estimate of drug-likeness (QED) is 0.748. The maximum atomic E-state index is 12.0. The number of carbonyl (C=O) groups excluding carboxylic acids is 1. The highest BCUT2D eigenvalue weighted by molar-refractivity contribution is 7.99. The molecule has 10 heteroatoms. The predicted molar refractivity (Wildman–Crippen MR) is 90.2 cm³/mol. The molecule has 1 aliphatic carbocycles. The number of anilines is 1. The molecular weight excluding hydrogens is 348 g/mol. The van der Waals surface area contributed by atoms with Crippen molar-refractivity contribution in [2.75, 3.05) is 17.7 Å². The Balaban J connectivity index is 1.41. The zero-order chi connectivity index (χ0) is 16.4. The molecule has 1 saturated heterocycles. The first-order chi connectivity index (χ1) is 11.8. The van der Waals surface area contributed by atoms with E-state index in [1.165, 1.54) is 35.9 Å². The Labute approximate surface area is 147 Å². The molecule has 4 rings (SSSR count). The van der Waals surface area contributed by atoms with Crippen LogP contribution in [0.4, 0.5) is 5.13 Å². The lowest BCUT2D eigenvalue weighted by atomic mass is 10.2. The molecule has 2 aromatic heterocycles. The van der Waals surface area contributed by atoms with Crippen molar-refractivity contribution < 1.29 is 9.53 Å². The van der Waals surface area contributed by atoms with Crippen molar-refractivity contribution in [3.05, 3.63) is 11.3 Å². The molecule has 1 saturated carbocycles. The average Bonchev–Trinajstić information content (AvgIpc) is 2.99. The number of nitrogens with one attached hydrogen (secondary N) is 1. The van der Waals surface area contributed by atoms with Gasteiger partial charge in [-0.1, -0.05) is 23.1 Å². The van der Waals surface area contributed by atoms with Crippen molar-refractivity contribution in [2.45, 2.75) is 49.4 Å².